The van der Waals surface area contributed by atoms with E-state index < -0.39 is 15.0 Å². The predicted octanol–water partition coefficient (Wildman–Crippen LogP) is -0.558. The Morgan fingerprint density at radius 1 is 1.67 bits per heavy atom. The van der Waals surface area contributed by atoms with Gasteiger partial charge in [0.1, 0.15) is 0 Å². The molecule has 0 amide bonds. The zero-order valence-electron chi connectivity index (χ0n) is 6.14. The zero-order valence-corrected chi connectivity index (χ0v) is 6.96. The van der Waals surface area contributed by atoms with Gasteiger partial charge >= 0.3 is 5.12 Å². The second-order valence-electron chi connectivity index (χ2n) is 2.18. The Hall–Kier alpha value is -1.37. The van der Waals surface area contributed by atoms with E-state index in [1.165, 1.54) is 0 Å². The van der Waals surface area contributed by atoms with Crippen molar-refractivity contribution in [2.75, 3.05) is 12.0 Å². The smallest absolute Gasteiger partial charge is 0.314 e. The molecule has 1 aromatic rings. The number of nitrogen functional groups attached to an aromatic ring is 1. The average Bonchev–Trinajstić information content (AvgIpc) is 2.32. The summed E-state index contributed by atoms with van der Waals surface area (Å²) < 4.78 is 25.7. The van der Waals surface area contributed by atoms with Crippen LogP contribution in [0.25, 0.3) is 0 Å². The lowest BCUT2D eigenvalue weighted by atomic mass is 10.5. The lowest BCUT2D eigenvalue weighted by Gasteiger charge is -1.88. The maximum atomic E-state index is 10.9. The van der Waals surface area contributed by atoms with Crippen molar-refractivity contribution in [3.8, 4) is 0 Å². The first-order valence-corrected chi connectivity index (χ1v) is 4.77. The van der Waals surface area contributed by atoms with Crippen LogP contribution in [0.5, 0.6) is 0 Å². The van der Waals surface area contributed by atoms with E-state index in [0.29, 0.717) is 0 Å². The second kappa shape index (κ2) is 2.59. The fourth-order valence-electron chi connectivity index (χ4n) is 0.568. The first-order valence-electron chi connectivity index (χ1n) is 2.88. The molecule has 6 nitrogen and oxygen atoms in total. The van der Waals surface area contributed by atoms with Gasteiger partial charge in [0.05, 0.1) is 0 Å². The van der Waals surface area contributed by atoms with Crippen molar-refractivity contribution >= 4 is 20.8 Å². The van der Waals surface area contributed by atoms with Gasteiger partial charge in [-0.15, -0.1) is 0 Å². The number of aromatic nitrogens is 1. The van der Waals surface area contributed by atoms with E-state index in [1.807, 2.05) is 0 Å². The van der Waals surface area contributed by atoms with Gasteiger partial charge in [-0.3, -0.25) is 4.79 Å². The Bertz CT molecular complexity index is 405. The molecule has 0 fully saturated rings. The number of anilines is 1. The molecule has 12 heavy (non-hydrogen) atoms. The van der Waals surface area contributed by atoms with Gasteiger partial charge in [0.2, 0.25) is 15.6 Å². The predicted molar refractivity (Wildman–Crippen MR) is 40.1 cm³/mol. The molecule has 0 spiro atoms. The van der Waals surface area contributed by atoms with Crippen LogP contribution in [0, 0.1) is 0 Å². The van der Waals surface area contributed by atoms with Crippen LogP contribution in [0.4, 0.5) is 5.82 Å². The van der Waals surface area contributed by atoms with E-state index in [-0.39, 0.29) is 11.6 Å². The lowest BCUT2D eigenvalue weighted by Crippen LogP contribution is -2.11. The van der Waals surface area contributed by atoms with Crippen molar-refractivity contribution in [1.29, 1.82) is 0 Å². The fourth-order valence-corrected chi connectivity index (χ4v) is 1.03. The Kier molecular flexibility index (Phi) is 1.89. The van der Waals surface area contributed by atoms with E-state index in [9.17, 15) is 13.2 Å². The van der Waals surface area contributed by atoms with Gasteiger partial charge in [0.15, 0.2) is 5.82 Å². The fraction of sp³-hybridized carbons (Fsp3) is 0.200. The number of rotatable bonds is 1. The quantitative estimate of drug-likeness (QED) is 0.636. The molecule has 1 heterocycles. The Morgan fingerprint density at radius 3 is 2.58 bits per heavy atom. The maximum Gasteiger partial charge on any atom is 0.314 e. The summed E-state index contributed by atoms with van der Waals surface area (Å²) in [5.41, 5.74) is 5.11. The molecule has 0 aliphatic carbocycles. The first-order chi connectivity index (χ1) is 5.41. The first kappa shape index (κ1) is 8.72. The van der Waals surface area contributed by atoms with E-state index >= 15 is 0 Å². The summed E-state index contributed by atoms with van der Waals surface area (Å²) in [6.07, 6.45) is 0.786. The van der Waals surface area contributed by atoms with Crippen LogP contribution >= 0.6 is 0 Å². The van der Waals surface area contributed by atoms with Crippen molar-refractivity contribution < 1.29 is 17.7 Å². The summed E-state index contributed by atoms with van der Waals surface area (Å²) in [4.78, 5) is 10.9. The van der Waals surface area contributed by atoms with Gasteiger partial charge in [-0.2, -0.15) is 0 Å². The molecule has 1 rings (SSSR count). The lowest BCUT2D eigenvalue weighted by molar-refractivity contribution is 0.104. The van der Waals surface area contributed by atoms with Gasteiger partial charge in [-0.25, -0.2) is 8.42 Å². The minimum absolute atomic E-state index is 0.0259. The van der Waals surface area contributed by atoms with Crippen LogP contribution in [-0.2, 0) is 9.84 Å². The molecule has 0 saturated heterocycles. The monoisotopic (exact) mass is 190 g/mol. The van der Waals surface area contributed by atoms with Crippen LogP contribution in [0.2, 0.25) is 0 Å². The standard InChI is InChI=1S/C5H6N2O4S/c1-12(9,10)5(8)3-2-4(6)7-11-3/h2H,1H3,(H2,6,7). The molecule has 0 saturated carbocycles. The number of sulfone groups is 1. The molecular weight excluding hydrogens is 184 g/mol. The largest absolute Gasteiger partial charge is 0.381 e. The van der Waals surface area contributed by atoms with Crippen molar-refractivity contribution in [2.24, 2.45) is 0 Å². The molecule has 2 N–H and O–H groups in total. The normalized spacial score (nSPS) is 11.4. The maximum absolute atomic E-state index is 10.9. The third-order valence-electron chi connectivity index (χ3n) is 1.07. The Morgan fingerprint density at radius 2 is 2.25 bits per heavy atom. The highest BCUT2D eigenvalue weighted by molar-refractivity contribution is 8.06. The minimum atomic E-state index is -3.77. The van der Waals surface area contributed by atoms with Gasteiger partial charge in [-0.05, 0) is 0 Å². The molecule has 0 radical (unpaired) electrons. The molecule has 0 aliphatic rings. The van der Waals surface area contributed by atoms with Crippen molar-refractivity contribution in [2.45, 2.75) is 0 Å². The summed E-state index contributed by atoms with van der Waals surface area (Å²) in [7, 11) is -3.77. The molecule has 0 aliphatic heterocycles. The third-order valence-corrected chi connectivity index (χ3v) is 1.94. The number of carbonyl (C=O) groups excluding carboxylic acids is 1. The topological polar surface area (TPSA) is 103 Å². The van der Waals surface area contributed by atoms with Crippen LogP contribution in [0.15, 0.2) is 10.6 Å². The summed E-state index contributed by atoms with van der Waals surface area (Å²) in [6.45, 7) is 0. The van der Waals surface area contributed by atoms with Gasteiger partial charge in [0, 0.05) is 12.3 Å². The average molecular weight is 190 g/mol. The molecule has 0 bridgehead atoms. The number of hydrogen-bond donors (Lipinski definition) is 1. The van der Waals surface area contributed by atoms with Gasteiger partial charge < -0.3 is 10.3 Å². The molecule has 0 unspecified atom stereocenters. The summed E-state index contributed by atoms with van der Waals surface area (Å²) in [6, 6.07) is 1.06. The van der Waals surface area contributed by atoms with Crippen LogP contribution in [0.3, 0.4) is 0 Å². The second-order valence-corrected chi connectivity index (χ2v) is 4.09. The zero-order chi connectivity index (χ0) is 9.35. The van der Waals surface area contributed by atoms with E-state index in [0.717, 1.165) is 12.3 Å². The van der Waals surface area contributed by atoms with Crippen LogP contribution in [0.1, 0.15) is 10.6 Å². The van der Waals surface area contributed by atoms with E-state index in [2.05, 4.69) is 9.68 Å². The van der Waals surface area contributed by atoms with Crippen molar-refractivity contribution in [1.82, 2.24) is 5.16 Å². The van der Waals surface area contributed by atoms with Crippen molar-refractivity contribution in [3.05, 3.63) is 11.8 Å². The summed E-state index contributed by atoms with van der Waals surface area (Å²) in [5.74, 6) is -0.392. The molecule has 0 aromatic carbocycles. The van der Waals surface area contributed by atoms with Crippen molar-refractivity contribution in [3.63, 3.8) is 0 Å². The van der Waals surface area contributed by atoms with Gasteiger partial charge in [0.25, 0.3) is 0 Å². The van der Waals surface area contributed by atoms with Crippen LogP contribution in [-0.4, -0.2) is 24.9 Å². The minimum Gasteiger partial charge on any atom is -0.381 e. The molecule has 7 heteroatoms. The number of nitrogens with zero attached hydrogens (tertiary/aromatic N) is 1. The summed E-state index contributed by atoms with van der Waals surface area (Å²) in [5, 5.41) is 2.05. The third kappa shape index (κ3) is 1.62. The molecule has 66 valence electrons. The number of nitrogens with two attached hydrogens (primary N) is 1. The van der Waals surface area contributed by atoms with E-state index in [4.69, 9.17) is 5.73 Å². The molecular formula is C5H6N2O4S. The van der Waals surface area contributed by atoms with E-state index in [1.54, 1.807) is 0 Å². The highest BCUT2D eigenvalue weighted by Gasteiger charge is 2.22. The van der Waals surface area contributed by atoms with Crippen LogP contribution < -0.4 is 5.73 Å². The Labute approximate surface area is 68.3 Å². The molecule has 1 aromatic heterocycles. The van der Waals surface area contributed by atoms with Gasteiger partial charge in [-0.1, -0.05) is 5.16 Å². The SMILES string of the molecule is CS(=O)(=O)C(=O)c1cc(N)no1. The Balaban J connectivity index is 3.10. The number of carbonyl (C=O) groups is 1. The summed E-state index contributed by atoms with van der Waals surface area (Å²) >= 11 is 0. The highest BCUT2D eigenvalue weighted by Crippen LogP contribution is 2.08. The number of hydrogen-bond acceptors (Lipinski definition) is 6. The highest BCUT2D eigenvalue weighted by atomic mass is 32.2. The molecule has 0 atom stereocenters.